The molecular weight excluding hydrogens is 353 g/mol. The first kappa shape index (κ1) is 16.9. The number of hydrogen-bond acceptors (Lipinski definition) is 4. The molecule has 0 radical (unpaired) electrons. The van der Waals surface area contributed by atoms with E-state index < -0.39 is 24.3 Å². The van der Waals surface area contributed by atoms with E-state index in [2.05, 4.69) is 5.32 Å². The van der Waals surface area contributed by atoms with E-state index in [1.807, 2.05) is 6.07 Å². The van der Waals surface area contributed by atoms with E-state index in [1.54, 1.807) is 0 Å². The summed E-state index contributed by atoms with van der Waals surface area (Å²) in [5.41, 5.74) is 1.55. The lowest BCUT2D eigenvalue weighted by Gasteiger charge is -2.08. The molecule has 1 N–H and O–H groups in total. The molecule has 0 aliphatic heterocycles. The molecule has 1 aliphatic carbocycles. The van der Waals surface area contributed by atoms with Crippen LogP contribution in [-0.4, -0.2) is 18.5 Å². The van der Waals surface area contributed by atoms with Crippen molar-refractivity contribution in [1.82, 2.24) is 0 Å². The monoisotopic (exact) mass is 367 g/mol. The number of thiophene rings is 1. The van der Waals surface area contributed by atoms with Gasteiger partial charge in [0.05, 0.1) is 5.02 Å². The maximum Gasteiger partial charge on any atom is 0.348 e. The molecule has 0 fully saturated rings. The Morgan fingerprint density at radius 1 is 1.25 bits per heavy atom. The first-order chi connectivity index (χ1) is 11.5. The van der Waals surface area contributed by atoms with Crippen molar-refractivity contribution in [2.24, 2.45) is 0 Å². The summed E-state index contributed by atoms with van der Waals surface area (Å²) in [6.45, 7) is -0.406. The largest absolute Gasteiger partial charge is 0.451 e. The Hall–Kier alpha value is -1.92. The van der Waals surface area contributed by atoms with Crippen molar-refractivity contribution in [3.05, 3.63) is 50.4 Å². The first-order valence-corrected chi connectivity index (χ1v) is 8.76. The van der Waals surface area contributed by atoms with Crippen LogP contribution in [0.5, 0.6) is 0 Å². The van der Waals surface area contributed by atoms with E-state index >= 15 is 0 Å². The van der Waals surface area contributed by atoms with Crippen LogP contribution in [0.4, 0.5) is 10.1 Å². The van der Waals surface area contributed by atoms with Gasteiger partial charge in [0.2, 0.25) is 0 Å². The van der Waals surface area contributed by atoms with Crippen molar-refractivity contribution in [2.75, 3.05) is 11.9 Å². The van der Waals surface area contributed by atoms with E-state index in [4.69, 9.17) is 16.3 Å². The second kappa shape index (κ2) is 7.32. The summed E-state index contributed by atoms with van der Waals surface area (Å²) in [6, 6.07) is 5.69. The number of rotatable bonds is 4. The smallest absolute Gasteiger partial charge is 0.348 e. The molecular formula is C17H15ClFNO3S. The van der Waals surface area contributed by atoms with Gasteiger partial charge >= 0.3 is 5.97 Å². The first-order valence-electron chi connectivity index (χ1n) is 7.56. The van der Waals surface area contributed by atoms with Gasteiger partial charge in [0.15, 0.2) is 6.61 Å². The number of amides is 1. The zero-order chi connectivity index (χ0) is 17.1. The quantitative estimate of drug-likeness (QED) is 0.823. The van der Waals surface area contributed by atoms with Gasteiger partial charge in [0, 0.05) is 10.6 Å². The molecule has 1 heterocycles. The summed E-state index contributed by atoms with van der Waals surface area (Å²) in [4.78, 5) is 25.6. The van der Waals surface area contributed by atoms with Crippen LogP contribution in [0.1, 0.15) is 33.0 Å². The zero-order valence-electron chi connectivity index (χ0n) is 12.7. The van der Waals surface area contributed by atoms with Crippen molar-refractivity contribution < 1.29 is 18.7 Å². The van der Waals surface area contributed by atoms with Crippen molar-refractivity contribution in [3.63, 3.8) is 0 Å². The van der Waals surface area contributed by atoms with Crippen LogP contribution in [0.15, 0.2) is 24.3 Å². The highest BCUT2D eigenvalue weighted by Gasteiger charge is 2.19. The fourth-order valence-electron chi connectivity index (χ4n) is 2.56. The van der Waals surface area contributed by atoms with Crippen LogP contribution < -0.4 is 5.32 Å². The summed E-state index contributed by atoms with van der Waals surface area (Å²) < 4.78 is 18.1. The number of benzene rings is 1. The molecule has 0 saturated carbocycles. The van der Waals surface area contributed by atoms with Crippen LogP contribution in [0.3, 0.4) is 0 Å². The number of hydrogen-bond donors (Lipinski definition) is 1. The van der Waals surface area contributed by atoms with Crippen LogP contribution in [0.2, 0.25) is 5.02 Å². The maximum absolute atomic E-state index is 13.1. The second-order valence-corrected chi connectivity index (χ2v) is 7.06. The number of carbonyl (C=O) groups is 2. The van der Waals surface area contributed by atoms with E-state index in [-0.39, 0.29) is 5.02 Å². The standard InChI is InChI=1S/C17H15ClFNO3S/c18-12-8-11(5-6-13(12)19)20-16(21)9-23-17(22)15-7-10-3-1-2-4-14(10)24-15/h5-8H,1-4,9H2,(H,20,21). The minimum Gasteiger partial charge on any atom is -0.451 e. The van der Waals surface area contributed by atoms with Crippen molar-refractivity contribution >= 4 is 40.5 Å². The zero-order valence-corrected chi connectivity index (χ0v) is 14.3. The molecule has 1 aliphatic rings. The summed E-state index contributed by atoms with van der Waals surface area (Å²) >= 11 is 7.08. The highest BCUT2D eigenvalue weighted by atomic mass is 35.5. The molecule has 1 aromatic carbocycles. The van der Waals surface area contributed by atoms with E-state index in [0.29, 0.717) is 10.6 Å². The van der Waals surface area contributed by atoms with Crippen molar-refractivity contribution in [3.8, 4) is 0 Å². The summed E-state index contributed by atoms with van der Waals surface area (Å²) in [6.07, 6.45) is 4.27. The molecule has 2 aromatic rings. The van der Waals surface area contributed by atoms with Crippen LogP contribution in [-0.2, 0) is 22.4 Å². The minimum absolute atomic E-state index is 0.0889. The molecule has 0 saturated heterocycles. The average molecular weight is 368 g/mol. The van der Waals surface area contributed by atoms with Crippen molar-refractivity contribution in [1.29, 1.82) is 0 Å². The normalized spacial score (nSPS) is 13.2. The van der Waals surface area contributed by atoms with Gasteiger partial charge in [-0.1, -0.05) is 11.6 Å². The number of esters is 1. The summed E-state index contributed by atoms with van der Waals surface area (Å²) in [5.74, 6) is -1.57. The fraction of sp³-hybridized carbons (Fsp3) is 0.294. The SMILES string of the molecule is O=C(COC(=O)c1cc2c(s1)CCCC2)Nc1ccc(F)c(Cl)c1. The summed E-state index contributed by atoms with van der Waals surface area (Å²) in [5, 5.41) is 2.41. The molecule has 126 valence electrons. The molecule has 1 aromatic heterocycles. The third-order valence-corrected chi connectivity index (χ3v) is 5.24. The Kier molecular flexibility index (Phi) is 5.16. The topological polar surface area (TPSA) is 55.4 Å². The van der Waals surface area contributed by atoms with E-state index in [1.165, 1.54) is 33.9 Å². The lowest BCUT2D eigenvalue weighted by molar-refractivity contribution is -0.119. The molecule has 24 heavy (non-hydrogen) atoms. The fourth-order valence-corrected chi connectivity index (χ4v) is 3.89. The molecule has 0 unspecified atom stereocenters. The van der Waals surface area contributed by atoms with Gasteiger partial charge in [-0.2, -0.15) is 0 Å². The number of aryl methyl sites for hydroxylation is 2. The lowest BCUT2D eigenvalue weighted by atomic mass is 9.99. The van der Waals surface area contributed by atoms with Gasteiger partial charge in [-0.05, 0) is 55.5 Å². The van der Waals surface area contributed by atoms with Crippen LogP contribution in [0, 0.1) is 5.82 Å². The van der Waals surface area contributed by atoms with Gasteiger partial charge in [-0.15, -0.1) is 11.3 Å². The number of halogens is 2. The number of carbonyl (C=O) groups excluding carboxylic acids is 2. The number of nitrogens with one attached hydrogen (secondary N) is 1. The van der Waals surface area contributed by atoms with Gasteiger partial charge in [-0.25, -0.2) is 9.18 Å². The Labute approximate surface area is 147 Å². The Morgan fingerprint density at radius 3 is 2.79 bits per heavy atom. The second-order valence-electron chi connectivity index (χ2n) is 5.52. The van der Waals surface area contributed by atoms with Crippen molar-refractivity contribution in [2.45, 2.75) is 25.7 Å². The minimum atomic E-state index is -0.567. The molecule has 3 rings (SSSR count). The third kappa shape index (κ3) is 3.94. The van der Waals surface area contributed by atoms with Gasteiger partial charge in [0.1, 0.15) is 10.7 Å². The van der Waals surface area contributed by atoms with Gasteiger partial charge in [0.25, 0.3) is 5.91 Å². The van der Waals surface area contributed by atoms with Crippen LogP contribution in [0.25, 0.3) is 0 Å². The third-order valence-electron chi connectivity index (χ3n) is 3.74. The molecule has 4 nitrogen and oxygen atoms in total. The lowest BCUT2D eigenvalue weighted by Crippen LogP contribution is -2.20. The number of fused-ring (bicyclic) bond motifs is 1. The van der Waals surface area contributed by atoms with Gasteiger partial charge < -0.3 is 10.1 Å². The average Bonchev–Trinajstić information content (AvgIpc) is 3.00. The summed E-state index contributed by atoms with van der Waals surface area (Å²) in [7, 11) is 0. The molecule has 1 amide bonds. The van der Waals surface area contributed by atoms with Crippen LogP contribution >= 0.6 is 22.9 Å². The molecule has 0 bridgehead atoms. The molecule has 7 heteroatoms. The Balaban J connectivity index is 1.54. The maximum atomic E-state index is 13.1. The van der Waals surface area contributed by atoms with E-state index in [0.717, 1.165) is 31.7 Å². The number of anilines is 1. The highest BCUT2D eigenvalue weighted by Crippen LogP contribution is 2.30. The van der Waals surface area contributed by atoms with Gasteiger partial charge in [-0.3, -0.25) is 4.79 Å². The highest BCUT2D eigenvalue weighted by molar-refractivity contribution is 7.14. The Morgan fingerprint density at radius 2 is 2.04 bits per heavy atom. The Bertz CT molecular complexity index is 767. The molecule has 0 atom stereocenters. The number of ether oxygens (including phenoxy) is 1. The molecule has 0 spiro atoms. The predicted octanol–water partition coefficient (Wildman–Crippen LogP) is 4.21. The predicted molar refractivity (Wildman–Crippen MR) is 91.3 cm³/mol. The van der Waals surface area contributed by atoms with E-state index in [9.17, 15) is 14.0 Å².